The van der Waals surface area contributed by atoms with Gasteiger partial charge in [0, 0.05) is 10.6 Å². The normalized spacial score (nSPS) is 10.6. The Morgan fingerprint density at radius 1 is 1.00 bits per heavy atom. The Morgan fingerprint density at radius 3 is 2.57 bits per heavy atom. The Hall–Kier alpha value is -3.71. The maximum absolute atomic E-state index is 13.5. The fourth-order valence-electron chi connectivity index (χ4n) is 2.42. The molecule has 3 aromatic rings. The van der Waals surface area contributed by atoms with Gasteiger partial charge in [-0.3, -0.25) is 9.59 Å². The number of para-hydroxylation sites is 1. The Morgan fingerprint density at radius 2 is 1.77 bits per heavy atom. The molecule has 3 aromatic carbocycles. The molecule has 0 aliphatic rings. The summed E-state index contributed by atoms with van der Waals surface area (Å²) >= 11 is 6.11. The quantitative estimate of drug-likeness (QED) is 0.354. The zero-order chi connectivity index (χ0) is 21.3. The molecule has 0 unspecified atom stereocenters. The lowest BCUT2D eigenvalue weighted by Crippen LogP contribution is -2.32. The molecule has 0 saturated carbocycles. The number of carbonyl (C=O) groups is 2. The van der Waals surface area contributed by atoms with E-state index < -0.39 is 17.6 Å². The van der Waals surface area contributed by atoms with Crippen LogP contribution < -0.4 is 15.5 Å². The highest BCUT2D eigenvalue weighted by Crippen LogP contribution is 2.19. The number of nitrogens with one attached hydrogen (secondary N) is 2. The first-order chi connectivity index (χ1) is 14.5. The molecule has 3 rings (SSSR count). The molecule has 30 heavy (non-hydrogen) atoms. The number of hydrogen-bond acceptors (Lipinski definition) is 4. The standard InChI is InChI=1S/C22H17ClFN3O3/c23-18-9-2-1-7-16(18)14-30-17-8-5-6-15(12-17)13-25-27-22(29)21(28)26-20-11-4-3-10-19(20)24/h1-13H,14H2,(H,26,28)(H,27,29)/b25-13-. The van der Waals surface area contributed by atoms with Crippen LogP contribution in [0.3, 0.4) is 0 Å². The first kappa shape index (κ1) is 21.0. The van der Waals surface area contributed by atoms with Crippen LogP contribution in [0.5, 0.6) is 5.75 Å². The van der Waals surface area contributed by atoms with Gasteiger partial charge in [0.25, 0.3) is 0 Å². The van der Waals surface area contributed by atoms with Gasteiger partial charge in [-0.05, 0) is 35.9 Å². The van der Waals surface area contributed by atoms with E-state index in [0.717, 1.165) is 5.56 Å². The highest BCUT2D eigenvalue weighted by atomic mass is 35.5. The summed E-state index contributed by atoms with van der Waals surface area (Å²) in [5, 5.41) is 6.54. The number of anilines is 1. The third-order valence-corrected chi connectivity index (χ3v) is 4.29. The number of rotatable bonds is 6. The van der Waals surface area contributed by atoms with E-state index in [1.165, 1.54) is 30.5 Å². The van der Waals surface area contributed by atoms with Crippen molar-refractivity contribution in [3.05, 3.63) is 94.8 Å². The second kappa shape index (κ2) is 10.2. The first-order valence-corrected chi connectivity index (χ1v) is 9.26. The highest BCUT2D eigenvalue weighted by molar-refractivity contribution is 6.39. The number of ether oxygens (including phenoxy) is 1. The van der Waals surface area contributed by atoms with Gasteiger partial charge in [0.05, 0.1) is 11.9 Å². The van der Waals surface area contributed by atoms with Crippen molar-refractivity contribution in [1.82, 2.24) is 5.43 Å². The summed E-state index contributed by atoms with van der Waals surface area (Å²) in [4.78, 5) is 23.6. The fourth-order valence-corrected chi connectivity index (χ4v) is 2.61. The summed E-state index contributed by atoms with van der Waals surface area (Å²) in [5.41, 5.74) is 3.49. The van der Waals surface area contributed by atoms with Crippen molar-refractivity contribution in [2.75, 3.05) is 5.32 Å². The number of hydrogen-bond donors (Lipinski definition) is 2. The van der Waals surface area contributed by atoms with Crippen LogP contribution in [0.1, 0.15) is 11.1 Å². The Labute approximate surface area is 177 Å². The second-order valence-corrected chi connectivity index (χ2v) is 6.49. The molecule has 0 atom stereocenters. The molecule has 2 N–H and O–H groups in total. The monoisotopic (exact) mass is 425 g/mol. The van der Waals surface area contributed by atoms with Gasteiger partial charge in [-0.1, -0.05) is 54.1 Å². The van der Waals surface area contributed by atoms with Crippen molar-refractivity contribution in [3.8, 4) is 5.75 Å². The molecule has 0 radical (unpaired) electrons. The third kappa shape index (κ3) is 5.89. The van der Waals surface area contributed by atoms with Crippen LogP contribution in [0.2, 0.25) is 5.02 Å². The minimum atomic E-state index is -1.03. The lowest BCUT2D eigenvalue weighted by atomic mass is 10.2. The summed E-state index contributed by atoms with van der Waals surface area (Å²) < 4.78 is 19.2. The summed E-state index contributed by atoms with van der Waals surface area (Å²) in [6, 6.07) is 19.9. The number of carbonyl (C=O) groups excluding carboxylic acids is 2. The average molecular weight is 426 g/mol. The maximum Gasteiger partial charge on any atom is 0.329 e. The van der Waals surface area contributed by atoms with E-state index in [9.17, 15) is 14.0 Å². The summed E-state index contributed by atoms with van der Waals surface area (Å²) in [6.07, 6.45) is 1.36. The van der Waals surface area contributed by atoms with Crippen molar-refractivity contribution in [2.45, 2.75) is 6.61 Å². The molecule has 0 heterocycles. The Kier molecular flexibility index (Phi) is 7.13. The first-order valence-electron chi connectivity index (χ1n) is 8.88. The van der Waals surface area contributed by atoms with E-state index in [0.29, 0.717) is 22.9 Å². The van der Waals surface area contributed by atoms with Crippen molar-refractivity contribution in [3.63, 3.8) is 0 Å². The van der Waals surface area contributed by atoms with Crippen molar-refractivity contribution in [2.24, 2.45) is 5.10 Å². The van der Waals surface area contributed by atoms with Gasteiger partial charge in [-0.25, -0.2) is 9.82 Å². The second-order valence-electron chi connectivity index (χ2n) is 6.09. The van der Waals surface area contributed by atoms with E-state index in [-0.39, 0.29) is 5.69 Å². The molecular formula is C22H17ClFN3O3. The van der Waals surface area contributed by atoms with Gasteiger partial charge in [0.1, 0.15) is 18.2 Å². The van der Waals surface area contributed by atoms with Crippen molar-refractivity contribution >= 4 is 35.3 Å². The molecule has 0 bridgehead atoms. The molecule has 0 aromatic heterocycles. The molecule has 6 nitrogen and oxygen atoms in total. The lowest BCUT2D eigenvalue weighted by Gasteiger charge is -2.08. The zero-order valence-corrected chi connectivity index (χ0v) is 16.4. The number of hydrazone groups is 1. The van der Waals surface area contributed by atoms with Gasteiger partial charge < -0.3 is 10.1 Å². The SMILES string of the molecule is O=C(N/N=C\c1cccc(OCc2ccccc2Cl)c1)C(=O)Nc1ccccc1F. The zero-order valence-electron chi connectivity index (χ0n) is 15.6. The van der Waals surface area contributed by atoms with Crippen LogP contribution in [0.4, 0.5) is 10.1 Å². The molecule has 0 saturated heterocycles. The van der Waals surface area contributed by atoms with Gasteiger partial charge in [-0.15, -0.1) is 0 Å². The van der Waals surface area contributed by atoms with Crippen LogP contribution in [-0.2, 0) is 16.2 Å². The number of benzene rings is 3. The molecule has 0 aliphatic carbocycles. The molecule has 0 spiro atoms. The van der Waals surface area contributed by atoms with Gasteiger partial charge >= 0.3 is 11.8 Å². The molecule has 8 heteroatoms. The van der Waals surface area contributed by atoms with Crippen molar-refractivity contribution < 1.29 is 18.7 Å². The van der Waals surface area contributed by atoms with Gasteiger partial charge in [0.2, 0.25) is 0 Å². The predicted molar refractivity (Wildman–Crippen MR) is 113 cm³/mol. The number of amides is 2. The summed E-state index contributed by atoms with van der Waals surface area (Å²) in [6.45, 7) is 0.299. The molecule has 152 valence electrons. The third-order valence-electron chi connectivity index (χ3n) is 3.92. The van der Waals surface area contributed by atoms with Gasteiger partial charge in [0.15, 0.2) is 0 Å². The minimum absolute atomic E-state index is 0.0926. The van der Waals surface area contributed by atoms with E-state index in [2.05, 4.69) is 15.8 Å². The van der Waals surface area contributed by atoms with E-state index in [1.807, 2.05) is 18.2 Å². The predicted octanol–water partition coefficient (Wildman–Crippen LogP) is 4.15. The summed E-state index contributed by atoms with van der Waals surface area (Å²) in [7, 11) is 0. The molecule has 0 fully saturated rings. The topological polar surface area (TPSA) is 79.8 Å². The summed E-state index contributed by atoms with van der Waals surface area (Å²) in [5.74, 6) is -2.12. The maximum atomic E-state index is 13.5. The van der Waals surface area contributed by atoms with Crippen LogP contribution in [-0.4, -0.2) is 18.0 Å². The van der Waals surface area contributed by atoms with Crippen molar-refractivity contribution in [1.29, 1.82) is 0 Å². The Bertz CT molecular complexity index is 1090. The van der Waals surface area contributed by atoms with Gasteiger partial charge in [-0.2, -0.15) is 5.10 Å². The number of halogens is 2. The Balaban J connectivity index is 1.54. The van der Waals surface area contributed by atoms with E-state index in [4.69, 9.17) is 16.3 Å². The molecule has 0 aliphatic heterocycles. The molecule has 2 amide bonds. The lowest BCUT2D eigenvalue weighted by molar-refractivity contribution is -0.136. The number of nitrogens with zero attached hydrogens (tertiary/aromatic N) is 1. The van der Waals surface area contributed by atoms with E-state index in [1.54, 1.807) is 30.3 Å². The smallest absolute Gasteiger partial charge is 0.329 e. The average Bonchev–Trinajstić information content (AvgIpc) is 2.75. The largest absolute Gasteiger partial charge is 0.489 e. The van der Waals surface area contributed by atoms with E-state index >= 15 is 0 Å². The van der Waals surface area contributed by atoms with Crippen LogP contribution in [0.15, 0.2) is 77.9 Å². The highest BCUT2D eigenvalue weighted by Gasteiger charge is 2.14. The van der Waals surface area contributed by atoms with Crippen LogP contribution >= 0.6 is 11.6 Å². The molecular weight excluding hydrogens is 409 g/mol. The van der Waals surface area contributed by atoms with Crippen LogP contribution in [0, 0.1) is 5.82 Å². The fraction of sp³-hybridized carbons (Fsp3) is 0.0455. The van der Waals surface area contributed by atoms with Crippen LogP contribution in [0.25, 0.3) is 0 Å². The minimum Gasteiger partial charge on any atom is -0.489 e.